The second kappa shape index (κ2) is 3.35. The molecule has 0 saturated carbocycles. The summed E-state index contributed by atoms with van der Waals surface area (Å²) in [5.74, 6) is 0. The van der Waals surface area contributed by atoms with Crippen LogP contribution in [0.4, 0.5) is 4.79 Å². The first kappa shape index (κ1) is 9.66. The Kier molecular flexibility index (Phi) is 2.31. The van der Waals surface area contributed by atoms with Gasteiger partial charge in [-0.1, -0.05) is 0 Å². The van der Waals surface area contributed by atoms with E-state index >= 15 is 0 Å². The number of rotatable bonds is 1. The van der Waals surface area contributed by atoms with Crippen molar-refractivity contribution in [3.63, 3.8) is 0 Å². The lowest BCUT2D eigenvalue weighted by Crippen LogP contribution is -2.60. The Morgan fingerprint density at radius 3 is 2.71 bits per heavy atom. The van der Waals surface area contributed by atoms with E-state index in [0.717, 1.165) is 0 Å². The lowest BCUT2D eigenvalue weighted by Gasteiger charge is -2.36. The van der Waals surface area contributed by atoms with Gasteiger partial charge in [-0.15, -0.1) is 0 Å². The molecule has 5 atom stereocenters. The minimum absolute atomic E-state index is 0.445. The van der Waals surface area contributed by atoms with Crippen LogP contribution in [0.2, 0.25) is 0 Å². The van der Waals surface area contributed by atoms with Gasteiger partial charge in [-0.25, -0.2) is 4.79 Å². The molecule has 14 heavy (non-hydrogen) atoms. The van der Waals surface area contributed by atoms with E-state index in [-0.39, 0.29) is 0 Å². The molecule has 2 fully saturated rings. The van der Waals surface area contributed by atoms with Crippen molar-refractivity contribution in [3.8, 4) is 0 Å². The van der Waals surface area contributed by atoms with Gasteiger partial charge in [-0.3, -0.25) is 0 Å². The van der Waals surface area contributed by atoms with E-state index in [4.69, 9.17) is 9.84 Å². The molecule has 0 bridgehead atoms. The molecule has 2 heterocycles. The summed E-state index contributed by atoms with van der Waals surface area (Å²) in [6, 6.07) is -0.778. The van der Waals surface area contributed by atoms with E-state index < -0.39 is 43.3 Å². The smallest absolute Gasteiger partial charge is 0.410 e. The molecule has 80 valence electrons. The molecule has 2 aliphatic heterocycles. The zero-order valence-electron chi connectivity index (χ0n) is 7.16. The van der Waals surface area contributed by atoms with Crippen LogP contribution in [0, 0.1) is 0 Å². The molecule has 7 heteroatoms. The number of hydrogen-bond donors (Lipinski definition) is 4. The van der Waals surface area contributed by atoms with E-state index in [1.165, 1.54) is 0 Å². The van der Waals surface area contributed by atoms with Gasteiger partial charge in [0.1, 0.15) is 24.4 Å². The van der Waals surface area contributed by atoms with Crippen molar-refractivity contribution in [2.45, 2.75) is 30.6 Å². The van der Waals surface area contributed by atoms with Crippen LogP contribution in [-0.4, -0.2) is 58.7 Å². The first-order valence-corrected chi connectivity index (χ1v) is 4.23. The molecule has 7 nitrogen and oxygen atoms in total. The van der Waals surface area contributed by atoms with Crippen molar-refractivity contribution in [2.24, 2.45) is 0 Å². The summed E-state index contributed by atoms with van der Waals surface area (Å²) in [5, 5.41) is 30.1. The summed E-state index contributed by atoms with van der Waals surface area (Å²) < 4.78 is 9.71. The van der Waals surface area contributed by atoms with Crippen LogP contribution in [0.1, 0.15) is 0 Å². The SMILES string of the molecule is O=C1N[C@H]2[C@H](O1)O[C@@H](CO)[C@@H](O)[C@@H]2O. The highest BCUT2D eigenvalue weighted by Crippen LogP contribution is 2.25. The van der Waals surface area contributed by atoms with E-state index in [9.17, 15) is 15.0 Å². The Morgan fingerprint density at radius 1 is 1.36 bits per heavy atom. The van der Waals surface area contributed by atoms with Crippen LogP contribution in [0.25, 0.3) is 0 Å². The monoisotopic (exact) mass is 205 g/mol. The number of nitrogens with one attached hydrogen (secondary N) is 1. The summed E-state index contributed by atoms with van der Waals surface area (Å²) in [6.07, 6.45) is -5.01. The molecular weight excluding hydrogens is 194 g/mol. The normalized spacial score (nSPS) is 46.8. The fraction of sp³-hybridized carbons (Fsp3) is 0.857. The van der Waals surface area contributed by atoms with E-state index in [2.05, 4.69) is 10.1 Å². The average Bonchev–Trinajstić information content (AvgIpc) is 2.52. The Balaban J connectivity index is 2.13. The molecule has 1 amide bonds. The summed E-state index contributed by atoms with van der Waals surface area (Å²) >= 11 is 0. The summed E-state index contributed by atoms with van der Waals surface area (Å²) in [7, 11) is 0. The van der Waals surface area contributed by atoms with Gasteiger partial charge in [0.05, 0.1) is 6.61 Å². The molecule has 0 unspecified atom stereocenters. The van der Waals surface area contributed by atoms with Crippen molar-refractivity contribution in [1.29, 1.82) is 0 Å². The van der Waals surface area contributed by atoms with Crippen LogP contribution >= 0.6 is 0 Å². The number of alkyl carbamates (subject to hydrolysis) is 1. The molecular formula is C7H11NO6. The highest BCUT2D eigenvalue weighted by Gasteiger charge is 2.50. The van der Waals surface area contributed by atoms with E-state index in [1.807, 2.05) is 0 Å². The van der Waals surface area contributed by atoms with Crippen molar-refractivity contribution >= 4 is 6.09 Å². The quantitative estimate of drug-likeness (QED) is 0.378. The first-order chi connectivity index (χ1) is 6.63. The Bertz CT molecular complexity index is 246. The van der Waals surface area contributed by atoms with Crippen molar-refractivity contribution in [3.05, 3.63) is 0 Å². The van der Waals surface area contributed by atoms with Crippen LogP contribution in [0.15, 0.2) is 0 Å². The number of fused-ring (bicyclic) bond motifs is 1. The zero-order chi connectivity index (χ0) is 10.3. The standard InChI is InChI=1S/C7H11NO6/c9-1-2-4(10)5(11)3-6(13-2)14-7(12)8-3/h2-6,9-11H,1H2,(H,8,12)/t2-,3+,4+,5+,6-/m0/s1. The fourth-order valence-corrected chi connectivity index (χ4v) is 1.61. The second-order valence-electron chi connectivity index (χ2n) is 3.28. The van der Waals surface area contributed by atoms with Gasteiger partial charge in [-0.05, 0) is 0 Å². The lowest BCUT2D eigenvalue weighted by atomic mass is 9.98. The van der Waals surface area contributed by atoms with Crippen molar-refractivity contribution in [2.75, 3.05) is 6.61 Å². The maximum Gasteiger partial charge on any atom is 0.410 e. The molecule has 0 radical (unpaired) electrons. The predicted molar refractivity (Wildman–Crippen MR) is 41.2 cm³/mol. The van der Waals surface area contributed by atoms with Gasteiger partial charge in [0, 0.05) is 0 Å². The largest absolute Gasteiger partial charge is 0.417 e. The molecule has 0 aromatic rings. The number of aliphatic hydroxyl groups excluding tert-OH is 3. The Hall–Kier alpha value is -0.890. The third-order valence-corrected chi connectivity index (χ3v) is 2.39. The number of hydrogen-bond acceptors (Lipinski definition) is 6. The summed E-state index contributed by atoms with van der Waals surface area (Å²) in [6.45, 7) is -0.445. The maximum absolute atomic E-state index is 10.8. The van der Waals surface area contributed by atoms with Crippen molar-refractivity contribution in [1.82, 2.24) is 5.32 Å². The van der Waals surface area contributed by atoms with Crippen molar-refractivity contribution < 1.29 is 29.6 Å². The van der Waals surface area contributed by atoms with E-state index in [1.54, 1.807) is 0 Å². The highest BCUT2D eigenvalue weighted by atomic mass is 16.7. The van der Waals surface area contributed by atoms with Gasteiger partial charge >= 0.3 is 6.09 Å². The van der Waals surface area contributed by atoms with Crippen LogP contribution < -0.4 is 5.32 Å². The number of ether oxygens (including phenoxy) is 2. The molecule has 0 aromatic heterocycles. The number of aliphatic hydroxyl groups is 3. The van der Waals surface area contributed by atoms with Gasteiger partial charge in [-0.2, -0.15) is 0 Å². The summed E-state index contributed by atoms with van der Waals surface area (Å²) in [5.41, 5.74) is 0. The van der Waals surface area contributed by atoms with E-state index in [0.29, 0.717) is 0 Å². The topological polar surface area (TPSA) is 108 Å². The molecule has 0 aliphatic carbocycles. The van der Waals surface area contributed by atoms with Crippen LogP contribution in [0.3, 0.4) is 0 Å². The maximum atomic E-state index is 10.8. The van der Waals surface area contributed by atoms with Crippen LogP contribution in [-0.2, 0) is 9.47 Å². The van der Waals surface area contributed by atoms with Gasteiger partial charge < -0.3 is 30.1 Å². The highest BCUT2D eigenvalue weighted by molar-refractivity contribution is 5.70. The third-order valence-electron chi connectivity index (χ3n) is 2.39. The average molecular weight is 205 g/mol. The second-order valence-corrected chi connectivity index (χ2v) is 3.28. The molecule has 2 aliphatic rings. The Morgan fingerprint density at radius 2 is 2.07 bits per heavy atom. The predicted octanol–water partition coefficient (Wildman–Crippen LogP) is -2.47. The minimum Gasteiger partial charge on any atom is -0.417 e. The summed E-state index contributed by atoms with van der Waals surface area (Å²) in [4.78, 5) is 10.8. The molecule has 2 rings (SSSR count). The van der Waals surface area contributed by atoms with Gasteiger partial charge in [0.25, 0.3) is 0 Å². The van der Waals surface area contributed by atoms with Crippen LogP contribution in [0.5, 0.6) is 0 Å². The first-order valence-electron chi connectivity index (χ1n) is 4.23. The number of carbonyl (C=O) groups is 1. The lowest BCUT2D eigenvalue weighted by molar-refractivity contribution is -0.234. The minimum atomic E-state index is -1.23. The molecule has 4 N–H and O–H groups in total. The molecule has 0 aromatic carbocycles. The third kappa shape index (κ3) is 1.34. The molecule has 2 saturated heterocycles. The van der Waals surface area contributed by atoms with Gasteiger partial charge in [0.2, 0.25) is 6.29 Å². The number of amides is 1. The van der Waals surface area contributed by atoms with Gasteiger partial charge in [0.15, 0.2) is 0 Å². The number of carbonyl (C=O) groups excluding carboxylic acids is 1. The molecule has 0 spiro atoms. The Labute approximate surface area is 79.2 Å². The fourth-order valence-electron chi connectivity index (χ4n) is 1.61. The zero-order valence-corrected chi connectivity index (χ0v) is 7.16.